The van der Waals surface area contributed by atoms with Crippen molar-refractivity contribution in [3.8, 4) is 11.4 Å². The minimum Gasteiger partial charge on any atom is -0.496 e. The fourth-order valence-corrected chi connectivity index (χ4v) is 3.95. The summed E-state index contributed by atoms with van der Waals surface area (Å²) >= 11 is 0. The van der Waals surface area contributed by atoms with Crippen molar-refractivity contribution in [3.63, 3.8) is 0 Å². The molecular formula is C22H25N7O2. The lowest BCUT2D eigenvalue weighted by Crippen LogP contribution is -2.23. The third kappa shape index (κ3) is 3.57. The van der Waals surface area contributed by atoms with Crippen LogP contribution in [0.25, 0.3) is 11.2 Å². The van der Waals surface area contributed by atoms with E-state index in [1.165, 1.54) is 0 Å². The Morgan fingerprint density at radius 2 is 2.13 bits per heavy atom. The van der Waals surface area contributed by atoms with E-state index in [2.05, 4.69) is 33.3 Å². The Hall–Kier alpha value is -3.59. The van der Waals surface area contributed by atoms with Crippen LogP contribution >= 0.6 is 0 Å². The van der Waals surface area contributed by atoms with Gasteiger partial charge in [-0.1, -0.05) is 0 Å². The summed E-state index contributed by atoms with van der Waals surface area (Å²) in [7, 11) is 1.68. The van der Waals surface area contributed by atoms with Crippen molar-refractivity contribution in [1.82, 2.24) is 24.1 Å². The van der Waals surface area contributed by atoms with Gasteiger partial charge in [0.15, 0.2) is 11.6 Å². The number of hydrogen-bond donors (Lipinski definition) is 2. The number of fused-ring (bicyclic) bond motifs is 1. The lowest BCUT2D eigenvalue weighted by atomic mass is 10.1. The van der Waals surface area contributed by atoms with Gasteiger partial charge in [0.1, 0.15) is 17.6 Å². The average molecular weight is 419 g/mol. The molecule has 1 saturated heterocycles. The van der Waals surface area contributed by atoms with Crippen LogP contribution in [0.3, 0.4) is 0 Å². The number of ether oxygens (including phenoxy) is 1. The first kappa shape index (κ1) is 19.4. The molecule has 4 heterocycles. The molecule has 160 valence electrons. The molecule has 31 heavy (non-hydrogen) atoms. The maximum absolute atomic E-state index is 9.94. The van der Waals surface area contributed by atoms with Crippen molar-refractivity contribution in [2.75, 3.05) is 30.4 Å². The normalized spacial score (nSPS) is 16.3. The molecule has 3 aromatic heterocycles. The van der Waals surface area contributed by atoms with E-state index in [4.69, 9.17) is 9.72 Å². The van der Waals surface area contributed by atoms with Crippen molar-refractivity contribution in [1.29, 1.82) is 0 Å². The number of anilines is 3. The first-order chi connectivity index (χ1) is 15.0. The smallest absolute Gasteiger partial charge is 0.248 e. The summed E-state index contributed by atoms with van der Waals surface area (Å²) in [5.74, 6) is 2.73. The van der Waals surface area contributed by atoms with Gasteiger partial charge >= 0.3 is 0 Å². The number of methoxy groups -OCH3 is 1. The van der Waals surface area contributed by atoms with Crippen LogP contribution in [0.15, 0.2) is 43.0 Å². The van der Waals surface area contributed by atoms with E-state index in [0.717, 1.165) is 46.9 Å². The zero-order valence-corrected chi connectivity index (χ0v) is 17.8. The number of β-amino-alcohol motifs (C(OH)–C–C–N with tert-alkyl or cyclic N) is 1. The quantitative estimate of drug-likeness (QED) is 0.514. The van der Waals surface area contributed by atoms with Crippen molar-refractivity contribution in [2.45, 2.75) is 26.4 Å². The number of nitrogens with one attached hydrogen (secondary N) is 1. The lowest BCUT2D eigenvalue weighted by molar-refractivity contribution is 0.198. The molecule has 0 saturated carbocycles. The fraction of sp³-hybridized carbons (Fsp3) is 0.318. The number of hydrogen-bond acceptors (Lipinski definition) is 7. The van der Waals surface area contributed by atoms with E-state index in [1.807, 2.05) is 42.1 Å². The van der Waals surface area contributed by atoms with Crippen molar-refractivity contribution in [2.24, 2.45) is 0 Å². The van der Waals surface area contributed by atoms with Gasteiger partial charge < -0.3 is 24.6 Å². The van der Waals surface area contributed by atoms with Gasteiger partial charge in [0.05, 0.1) is 25.1 Å². The fourth-order valence-electron chi connectivity index (χ4n) is 3.95. The minimum atomic E-state index is -0.327. The molecule has 1 fully saturated rings. The van der Waals surface area contributed by atoms with E-state index in [9.17, 15) is 5.11 Å². The van der Waals surface area contributed by atoms with E-state index < -0.39 is 0 Å². The van der Waals surface area contributed by atoms with Crippen molar-refractivity contribution in [3.05, 3.63) is 54.1 Å². The van der Waals surface area contributed by atoms with Crippen LogP contribution in [0.5, 0.6) is 5.75 Å². The Bertz CT molecular complexity index is 1250. The number of benzene rings is 1. The molecule has 0 spiro atoms. The van der Waals surface area contributed by atoms with Gasteiger partial charge in [-0.05, 0) is 49.6 Å². The van der Waals surface area contributed by atoms with E-state index in [0.29, 0.717) is 18.3 Å². The van der Waals surface area contributed by atoms with Crippen LogP contribution in [-0.4, -0.2) is 55.6 Å². The van der Waals surface area contributed by atoms with E-state index in [-0.39, 0.29) is 6.10 Å². The predicted octanol–water partition coefficient (Wildman–Crippen LogP) is 2.86. The van der Waals surface area contributed by atoms with Crippen LogP contribution in [0.1, 0.15) is 17.5 Å². The van der Waals surface area contributed by atoms with E-state index >= 15 is 0 Å². The Morgan fingerprint density at radius 1 is 1.26 bits per heavy atom. The maximum atomic E-state index is 9.94. The van der Waals surface area contributed by atoms with Gasteiger partial charge in [-0.3, -0.25) is 0 Å². The topological polar surface area (TPSA) is 92.7 Å². The number of imidazole rings is 1. The monoisotopic (exact) mass is 419 g/mol. The highest BCUT2D eigenvalue weighted by Gasteiger charge is 2.24. The van der Waals surface area contributed by atoms with Gasteiger partial charge in [0, 0.05) is 25.4 Å². The minimum absolute atomic E-state index is 0.327. The average Bonchev–Trinajstić information content (AvgIpc) is 3.50. The van der Waals surface area contributed by atoms with Crippen LogP contribution < -0.4 is 15.0 Å². The molecule has 0 bridgehead atoms. The first-order valence-electron chi connectivity index (χ1n) is 10.3. The summed E-state index contributed by atoms with van der Waals surface area (Å²) in [5, 5.41) is 17.7. The predicted molar refractivity (Wildman–Crippen MR) is 119 cm³/mol. The van der Waals surface area contributed by atoms with Gasteiger partial charge in [-0.25, -0.2) is 9.50 Å². The molecule has 0 unspecified atom stereocenters. The standard InChI is InChI=1S/C22H25N7O2/c1-14-9-16(10-19(31-3)15(14)2)28-12-20(23-13-28)24-22-25-21(27-8-6-17(30)11-27)18-5-4-7-29(18)26-22/h4-5,7,9-10,12-13,17,30H,6,8,11H2,1-3H3,(H,24,26)/t17-/m1/s1. The summed E-state index contributed by atoms with van der Waals surface area (Å²) in [4.78, 5) is 11.3. The molecule has 0 aliphatic carbocycles. The third-order valence-electron chi connectivity index (χ3n) is 5.78. The van der Waals surface area contributed by atoms with Gasteiger partial charge in [0.2, 0.25) is 5.95 Å². The Labute approximate surface area is 179 Å². The number of aliphatic hydroxyl groups excluding tert-OH is 1. The molecule has 4 aromatic rings. The van der Waals surface area contributed by atoms with Crippen LogP contribution in [-0.2, 0) is 0 Å². The molecule has 9 heteroatoms. The highest BCUT2D eigenvalue weighted by atomic mass is 16.5. The second kappa shape index (κ2) is 7.59. The molecule has 1 aliphatic heterocycles. The summed E-state index contributed by atoms with van der Waals surface area (Å²) < 4.78 is 9.22. The van der Waals surface area contributed by atoms with E-state index in [1.54, 1.807) is 18.0 Å². The number of aromatic nitrogens is 5. The van der Waals surface area contributed by atoms with Crippen molar-refractivity contribution < 1.29 is 9.84 Å². The number of aryl methyl sites for hydroxylation is 1. The zero-order chi connectivity index (χ0) is 21.5. The summed E-state index contributed by atoms with van der Waals surface area (Å²) in [5.41, 5.74) is 4.15. The highest BCUT2D eigenvalue weighted by Crippen LogP contribution is 2.27. The molecule has 5 rings (SSSR count). The number of rotatable bonds is 5. The SMILES string of the molecule is COc1cc(-n2cnc(Nc3nc(N4CC[C@@H](O)C4)c4cccn4n3)c2)cc(C)c1C. The molecule has 0 radical (unpaired) electrons. The van der Waals surface area contributed by atoms with Gasteiger partial charge in [0.25, 0.3) is 0 Å². The Balaban J connectivity index is 1.45. The zero-order valence-electron chi connectivity index (χ0n) is 17.8. The second-order valence-corrected chi connectivity index (χ2v) is 7.87. The molecular weight excluding hydrogens is 394 g/mol. The summed E-state index contributed by atoms with van der Waals surface area (Å²) in [6, 6.07) is 8.01. The molecule has 0 amide bonds. The maximum Gasteiger partial charge on any atom is 0.248 e. The molecule has 2 N–H and O–H groups in total. The summed E-state index contributed by atoms with van der Waals surface area (Å²) in [6.45, 7) is 5.45. The summed E-state index contributed by atoms with van der Waals surface area (Å²) in [6.07, 6.45) is 5.94. The van der Waals surface area contributed by atoms with Crippen molar-refractivity contribution >= 4 is 23.1 Å². The number of aliphatic hydroxyl groups is 1. The van der Waals surface area contributed by atoms with Crippen LogP contribution in [0.2, 0.25) is 0 Å². The molecule has 9 nitrogen and oxygen atoms in total. The van der Waals surface area contributed by atoms with Crippen LogP contribution in [0.4, 0.5) is 17.6 Å². The molecule has 1 atom stereocenters. The Morgan fingerprint density at radius 3 is 2.90 bits per heavy atom. The van der Waals surface area contributed by atoms with Crippen LogP contribution in [0, 0.1) is 13.8 Å². The highest BCUT2D eigenvalue weighted by molar-refractivity contribution is 5.71. The molecule has 1 aromatic carbocycles. The molecule has 1 aliphatic rings. The Kier molecular flexibility index (Phi) is 4.74. The number of nitrogens with zero attached hydrogens (tertiary/aromatic N) is 6. The van der Waals surface area contributed by atoms with Gasteiger partial charge in [-0.15, -0.1) is 5.10 Å². The second-order valence-electron chi connectivity index (χ2n) is 7.87. The largest absolute Gasteiger partial charge is 0.496 e. The first-order valence-corrected chi connectivity index (χ1v) is 10.3. The lowest BCUT2D eigenvalue weighted by Gasteiger charge is -2.18. The third-order valence-corrected chi connectivity index (χ3v) is 5.78. The van der Waals surface area contributed by atoms with Gasteiger partial charge in [-0.2, -0.15) is 4.98 Å².